The maximum Gasteiger partial charge on any atom is 0.248 e. The second-order valence-corrected chi connectivity index (χ2v) is 5.90. The number of carbonyl (C=O) groups excluding carboxylic acids is 1. The maximum atomic E-state index is 12.4. The number of hydrogen-bond donors (Lipinski definition) is 0. The molecule has 1 amide bonds. The van der Waals surface area contributed by atoms with E-state index in [4.69, 9.17) is 4.74 Å². The average Bonchev–Trinajstić information content (AvgIpc) is 3.25. The van der Waals surface area contributed by atoms with E-state index in [1.54, 1.807) is 6.20 Å². The van der Waals surface area contributed by atoms with Crippen LogP contribution in [-0.2, 0) is 22.5 Å². The third-order valence-electron chi connectivity index (χ3n) is 4.26. The fourth-order valence-electron chi connectivity index (χ4n) is 3.06. The van der Waals surface area contributed by atoms with Crippen LogP contribution in [0.25, 0.3) is 0 Å². The Morgan fingerprint density at radius 3 is 2.91 bits per heavy atom. The molecular formula is C18H23N3O2. The molecule has 0 bridgehead atoms. The molecule has 5 heteroatoms. The highest BCUT2D eigenvalue weighted by Gasteiger charge is 2.28. The molecule has 0 unspecified atom stereocenters. The lowest BCUT2D eigenvalue weighted by Gasteiger charge is -2.24. The van der Waals surface area contributed by atoms with Crippen LogP contribution in [0.15, 0.2) is 48.8 Å². The molecule has 0 saturated carbocycles. The highest BCUT2D eigenvalue weighted by atomic mass is 16.5. The van der Waals surface area contributed by atoms with Crippen molar-refractivity contribution >= 4 is 5.91 Å². The minimum Gasteiger partial charge on any atom is -0.371 e. The van der Waals surface area contributed by atoms with Crippen LogP contribution in [0, 0.1) is 0 Å². The third kappa shape index (κ3) is 4.42. The van der Waals surface area contributed by atoms with Gasteiger partial charge in [0.05, 0.1) is 19.2 Å². The van der Waals surface area contributed by atoms with Gasteiger partial charge in [0.2, 0.25) is 5.91 Å². The van der Waals surface area contributed by atoms with E-state index in [1.165, 1.54) is 5.56 Å². The Morgan fingerprint density at radius 2 is 2.13 bits per heavy atom. The Kier molecular flexibility index (Phi) is 5.42. The van der Waals surface area contributed by atoms with E-state index in [9.17, 15) is 4.79 Å². The quantitative estimate of drug-likeness (QED) is 0.736. The maximum absolute atomic E-state index is 12.4. The molecule has 0 N–H and O–H groups in total. The van der Waals surface area contributed by atoms with Crippen molar-refractivity contribution in [3.05, 3.63) is 54.4 Å². The topological polar surface area (TPSA) is 47.4 Å². The Hall–Kier alpha value is -2.14. The van der Waals surface area contributed by atoms with Gasteiger partial charge >= 0.3 is 0 Å². The van der Waals surface area contributed by atoms with E-state index in [2.05, 4.69) is 17.2 Å². The molecular weight excluding hydrogens is 290 g/mol. The molecule has 1 aliphatic heterocycles. The van der Waals surface area contributed by atoms with E-state index in [0.29, 0.717) is 6.61 Å². The zero-order valence-electron chi connectivity index (χ0n) is 13.3. The van der Waals surface area contributed by atoms with Gasteiger partial charge < -0.3 is 9.64 Å². The van der Waals surface area contributed by atoms with Gasteiger partial charge in [0.25, 0.3) is 0 Å². The van der Waals surface area contributed by atoms with Crippen LogP contribution >= 0.6 is 0 Å². The summed E-state index contributed by atoms with van der Waals surface area (Å²) in [6.07, 6.45) is 6.65. The number of hydrogen-bond acceptors (Lipinski definition) is 3. The number of benzene rings is 1. The predicted octanol–water partition coefficient (Wildman–Crippen LogP) is 2.13. The van der Waals surface area contributed by atoms with Gasteiger partial charge in [-0.15, -0.1) is 0 Å². The number of carbonyl (C=O) groups is 1. The van der Waals surface area contributed by atoms with Crippen LogP contribution in [0.4, 0.5) is 0 Å². The van der Waals surface area contributed by atoms with E-state index in [1.807, 2.05) is 40.0 Å². The second kappa shape index (κ2) is 7.92. The number of rotatable bonds is 7. The van der Waals surface area contributed by atoms with Crippen molar-refractivity contribution in [2.24, 2.45) is 0 Å². The SMILES string of the molecule is O=C(COCCc1ccccc1)N1CCC[C@H]1Cn1cccn1. The average molecular weight is 313 g/mol. The Labute approximate surface area is 136 Å². The Bertz CT molecular complexity index is 598. The smallest absolute Gasteiger partial charge is 0.248 e. The molecule has 1 fully saturated rings. The van der Waals surface area contributed by atoms with Gasteiger partial charge in [0.15, 0.2) is 0 Å². The third-order valence-corrected chi connectivity index (χ3v) is 4.26. The summed E-state index contributed by atoms with van der Waals surface area (Å²) in [6.45, 7) is 2.34. The molecule has 0 aliphatic carbocycles. The summed E-state index contributed by atoms with van der Waals surface area (Å²) in [4.78, 5) is 14.3. The Balaban J connectivity index is 1.42. The molecule has 1 atom stereocenters. The van der Waals surface area contributed by atoms with Crippen LogP contribution in [0.5, 0.6) is 0 Å². The number of likely N-dealkylation sites (tertiary alicyclic amines) is 1. The number of amides is 1. The minimum absolute atomic E-state index is 0.0905. The molecule has 1 saturated heterocycles. The van der Waals surface area contributed by atoms with Crippen LogP contribution in [0.3, 0.4) is 0 Å². The molecule has 3 rings (SSSR count). The number of ether oxygens (including phenoxy) is 1. The summed E-state index contributed by atoms with van der Waals surface area (Å²) in [6, 6.07) is 12.3. The van der Waals surface area contributed by atoms with Gasteiger partial charge in [-0.25, -0.2) is 0 Å². The number of aromatic nitrogens is 2. The standard InChI is InChI=1S/C18H23N3O2/c22-18(15-23-13-9-16-6-2-1-3-7-16)21-12-4-8-17(21)14-20-11-5-10-19-20/h1-3,5-7,10-11,17H,4,8-9,12-15H2/t17-/m0/s1. The lowest BCUT2D eigenvalue weighted by Crippen LogP contribution is -2.40. The van der Waals surface area contributed by atoms with E-state index in [0.717, 1.165) is 32.4 Å². The van der Waals surface area contributed by atoms with Crippen LogP contribution in [0.2, 0.25) is 0 Å². The van der Waals surface area contributed by atoms with Gasteiger partial charge in [-0.3, -0.25) is 9.48 Å². The van der Waals surface area contributed by atoms with Gasteiger partial charge in [-0.05, 0) is 30.9 Å². The van der Waals surface area contributed by atoms with Crippen LogP contribution in [-0.4, -0.2) is 46.4 Å². The molecule has 2 aromatic rings. The summed E-state index contributed by atoms with van der Waals surface area (Å²) in [7, 11) is 0. The molecule has 1 aromatic heterocycles. The normalized spacial score (nSPS) is 17.6. The first-order chi connectivity index (χ1) is 11.3. The Morgan fingerprint density at radius 1 is 1.26 bits per heavy atom. The highest BCUT2D eigenvalue weighted by molar-refractivity contribution is 5.78. The van der Waals surface area contributed by atoms with Crippen molar-refractivity contribution in [2.75, 3.05) is 19.8 Å². The van der Waals surface area contributed by atoms with E-state index < -0.39 is 0 Å². The second-order valence-electron chi connectivity index (χ2n) is 5.90. The molecule has 2 heterocycles. The summed E-state index contributed by atoms with van der Waals surface area (Å²) in [5, 5.41) is 4.23. The van der Waals surface area contributed by atoms with Crippen molar-refractivity contribution in [3.8, 4) is 0 Å². The fourth-order valence-corrected chi connectivity index (χ4v) is 3.06. The van der Waals surface area contributed by atoms with Gasteiger partial charge in [-0.1, -0.05) is 30.3 Å². The molecule has 0 radical (unpaired) electrons. The molecule has 5 nitrogen and oxygen atoms in total. The van der Waals surface area contributed by atoms with Crippen molar-refractivity contribution in [3.63, 3.8) is 0 Å². The molecule has 23 heavy (non-hydrogen) atoms. The van der Waals surface area contributed by atoms with Crippen molar-refractivity contribution in [1.29, 1.82) is 0 Å². The first-order valence-corrected chi connectivity index (χ1v) is 8.21. The molecule has 1 aliphatic rings. The molecule has 1 aromatic carbocycles. The number of nitrogens with zero attached hydrogens (tertiary/aromatic N) is 3. The van der Waals surface area contributed by atoms with Crippen molar-refractivity contribution in [2.45, 2.75) is 31.8 Å². The summed E-state index contributed by atoms with van der Waals surface area (Å²) < 4.78 is 7.48. The first-order valence-electron chi connectivity index (χ1n) is 8.21. The van der Waals surface area contributed by atoms with E-state index >= 15 is 0 Å². The predicted molar refractivity (Wildman–Crippen MR) is 87.9 cm³/mol. The van der Waals surface area contributed by atoms with Crippen molar-refractivity contribution < 1.29 is 9.53 Å². The van der Waals surface area contributed by atoms with Crippen LogP contribution < -0.4 is 0 Å². The summed E-state index contributed by atoms with van der Waals surface area (Å²) in [5.74, 6) is 0.0905. The summed E-state index contributed by atoms with van der Waals surface area (Å²) in [5.41, 5.74) is 1.23. The minimum atomic E-state index is 0.0905. The van der Waals surface area contributed by atoms with Gasteiger partial charge in [0, 0.05) is 18.9 Å². The lowest BCUT2D eigenvalue weighted by atomic mass is 10.2. The molecule has 0 spiro atoms. The van der Waals surface area contributed by atoms with Gasteiger partial charge in [0.1, 0.15) is 6.61 Å². The molecule has 122 valence electrons. The fraction of sp³-hybridized carbons (Fsp3) is 0.444. The monoisotopic (exact) mass is 313 g/mol. The summed E-state index contributed by atoms with van der Waals surface area (Å²) >= 11 is 0. The largest absolute Gasteiger partial charge is 0.371 e. The van der Waals surface area contributed by atoms with Gasteiger partial charge in [-0.2, -0.15) is 5.10 Å². The van der Waals surface area contributed by atoms with Crippen molar-refractivity contribution in [1.82, 2.24) is 14.7 Å². The zero-order chi connectivity index (χ0) is 15.9. The first kappa shape index (κ1) is 15.7. The lowest BCUT2D eigenvalue weighted by molar-refractivity contribution is -0.137. The van der Waals surface area contributed by atoms with E-state index in [-0.39, 0.29) is 18.6 Å². The zero-order valence-corrected chi connectivity index (χ0v) is 13.3. The highest BCUT2D eigenvalue weighted by Crippen LogP contribution is 2.18. The van der Waals surface area contributed by atoms with Crippen LogP contribution in [0.1, 0.15) is 18.4 Å².